The van der Waals surface area contributed by atoms with E-state index >= 15 is 0 Å². The number of hydrogen-bond donors (Lipinski definition) is 2. The molecule has 0 fully saturated rings. The number of anilines is 2. The Balaban J connectivity index is 0.00000176. The van der Waals surface area contributed by atoms with Crippen LogP contribution in [0.5, 0.6) is 11.5 Å². The van der Waals surface area contributed by atoms with Crippen LogP contribution in [0.4, 0.5) is 11.4 Å². The lowest BCUT2D eigenvalue weighted by Gasteiger charge is -2.09. The molecule has 1 aromatic heterocycles. The second-order valence-electron chi connectivity index (χ2n) is 4.82. The Morgan fingerprint density at radius 3 is 2.64 bits per heavy atom. The fourth-order valence-electron chi connectivity index (χ4n) is 2.18. The van der Waals surface area contributed by atoms with Gasteiger partial charge >= 0.3 is 0 Å². The Morgan fingerprint density at radius 1 is 1.32 bits per heavy atom. The molecule has 0 radical (unpaired) electrons. The largest absolute Gasteiger partial charge is 0.454 e. The van der Waals surface area contributed by atoms with E-state index in [1.54, 1.807) is 26.0 Å². The summed E-state index contributed by atoms with van der Waals surface area (Å²) in [7, 11) is 0. The predicted octanol–water partition coefficient (Wildman–Crippen LogP) is 2.21. The Kier molecular flexibility index (Phi) is 4.46. The van der Waals surface area contributed by atoms with Gasteiger partial charge in [0.1, 0.15) is 5.76 Å². The monoisotopic (exact) mass is 325 g/mol. The molecule has 3 rings (SSSR count). The molecule has 0 atom stereocenters. The van der Waals surface area contributed by atoms with E-state index in [-0.39, 0.29) is 31.5 Å². The number of amides is 1. The van der Waals surface area contributed by atoms with Crippen LogP contribution in [0, 0.1) is 13.8 Å². The van der Waals surface area contributed by atoms with Gasteiger partial charge in [-0.3, -0.25) is 4.79 Å². The lowest BCUT2D eigenvalue weighted by atomic mass is 10.1. The van der Waals surface area contributed by atoms with Crippen LogP contribution in [-0.2, 0) is 11.2 Å². The molecule has 118 valence electrons. The number of ether oxygens (including phenoxy) is 2. The van der Waals surface area contributed by atoms with Crippen LogP contribution in [0.15, 0.2) is 16.7 Å². The number of aromatic nitrogens is 1. The molecule has 1 aromatic carbocycles. The summed E-state index contributed by atoms with van der Waals surface area (Å²) in [6.07, 6.45) is 0.176. The van der Waals surface area contributed by atoms with Crippen molar-refractivity contribution in [2.45, 2.75) is 20.3 Å². The number of hydrogen-bond acceptors (Lipinski definition) is 6. The average Bonchev–Trinajstić information content (AvgIpc) is 3.00. The van der Waals surface area contributed by atoms with Gasteiger partial charge in [-0.05, 0) is 13.8 Å². The smallest absolute Gasteiger partial charge is 0.231 e. The number of nitrogen functional groups attached to an aromatic ring is 1. The summed E-state index contributed by atoms with van der Waals surface area (Å²) in [6.45, 7) is 3.73. The SMILES string of the molecule is Cc1noc(C)c1CC(=O)Nc1cc2c(cc1N)OCO2.Cl. The fraction of sp³-hybridized carbons (Fsp3) is 0.286. The maximum atomic E-state index is 12.1. The third kappa shape index (κ3) is 2.94. The van der Waals surface area contributed by atoms with Gasteiger partial charge in [0, 0.05) is 17.7 Å². The van der Waals surface area contributed by atoms with Gasteiger partial charge in [0.15, 0.2) is 11.5 Å². The van der Waals surface area contributed by atoms with Crippen LogP contribution in [0.3, 0.4) is 0 Å². The van der Waals surface area contributed by atoms with E-state index in [4.69, 9.17) is 19.7 Å². The van der Waals surface area contributed by atoms with Crippen molar-refractivity contribution in [3.8, 4) is 11.5 Å². The van der Waals surface area contributed by atoms with E-state index in [9.17, 15) is 4.79 Å². The summed E-state index contributed by atoms with van der Waals surface area (Å²) < 4.78 is 15.5. The number of nitrogens with zero attached hydrogens (tertiary/aromatic N) is 1. The molecule has 7 nitrogen and oxygen atoms in total. The highest BCUT2D eigenvalue weighted by Gasteiger charge is 2.18. The van der Waals surface area contributed by atoms with Gasteiger partial charge < -0.3 is 25.0 Å². The second kappa shape index (κ2) is 6.15. The number of carbonyl (C=O) groups is 1. The van der Waals surface area contributed by atoms with Gasteiger partial charge in [-0.1, -0.05) is 5.16 Å². The van der Waals surface area contributed by atoms with Crippen molar-refractivity contribution < 1.29 is 18.8 Å². The van der Waals surface area contributed by atoms with Crippen molar-refractivity contribution >= 4 is 29.7 Å². The summed E-state index contributed by atoms with van der Waals surface area (Å²) >= 11 is 0. The highest BCUT2D eigenvalue weighted by Crippen LogP contribution is 2.38. The normalized spacial score (nSPS) is 11.9. The molecule has 2 aromatic rings. The fourth-order valence-corrected chi connectivity index (χ4v) is 2.18. The number of halogens is 1. The minimum Gasteiger partial charge on any atom is -0.454 e. The topological polar surface area (TPSA) is 99.6 Å². The molecule has 1 aliphatic heterocycles. The van der Waals surface area contributed by atoms with Crippen LogP contribution in [0.1, 0.15) is 17.0 Å². The first-order valence-electron chi connectivity index (χ1n) is 6.45. The third-order valence-electron chi connectivity index (χ3n) is 3.34. The molecule has 2 heterocycles. The zero-order valence-corrected chi connectivity index (χ0v) is 13.0. The molecule has 1 amide bonds. The van der Waals surface area contributed by atoms with Crippen LogP contribution >= 0.6 is 12.4 Å². The standard InChI is InChI=1S/C14H15N3O4.ClH/c1-7-9(8(2)21-17-7)3-14(18)16-11-5-13-12(4-10(11)15)19-6-20-13;/h4-5H,3,6,15H2,1-2H3,(H,16,18);1H. The minimum atomic E-state index is -0.199. The number of rotatable bonds is 3. The second-order valence-corrected chi connectivity index (χ2v) is 4.82. The Labute approximate surface area is 133 Å². The van der Waals surface area contributed by atoms with Crippen molar-refractivity contribution in [2.24, 2.45) is 0 Å². The Morgan fingerprint density at radius 2 is 2.00 bits per heavy atom. The molecule has 3 N–H and O–H groups in total. The van der Waals surface area contributed by atoms with Crippen molar-refractivity contribution in [3.05, 3.63) is 29.2 Å². The van der Waals surface area contributed by atoms with Gasteiger partial charge in [0.25, 0.3) is 0 Å². The molecule has 0 unspecified atom stereocenters. The summed E-state index contributed by atoms with van der Waals surface area (Å²) in [5.41, 5.74) is 8.31. The van der Waals surface area contributed by atoms with Crippen LogP contribution < -0.4 is 20.5 Å². The lowest BCUT2D eigenvalue weighted by Crippen LogP contribution is -2.16. The predicted molar refractivity (Wildman–Crippen MR) is 82.5 cm³/mol. The molecule has 0 saturated heterocycles. The van der Waals surface area contributed by atoms with Crippen LogP contribution in [0.25, 0.3) is 0 Å². The lowest BCUT2D eigenvalue weighted by molar-refractivity contribution is -0.115. The molecule has 0 bridgehead atoms. The van der Waals surface area contributed by atoms with E-state index in [1.165, 1.54) is 0 Å². The quantitative estimate of drug-likeness (QED) is 0.839. The summed E-state index contributed by atoms with van der Waals surface area (Å²) in [5, 5.41) is 6.59. The van der Waals surface area contributed by atoms with E-state index in [1.807, 2.05) is 0 Å². The van der Waals surface area contributed by atoms with E-state index in [0.717, 1.165) is 5.56 Å². The van der Waals surface area contributed by atoms with E-state index in [2.05, 4.69) is 10.5 Å². The summed E-state index contributed by atoms with van der Waals surface area (Å²) in [6, 6.07) is 3.29. The first kappa shape index (κ1) is 16.0. The van der Waals surface area contributed by atoms with Gasteiger partial charge in [-0.2, -0.15) is 0 Å². The molecule has 22 heavy (non-hydrogen) atoms. The maximum absolute atomic E-state index is 12.1. The molecular formula is C14H16ClN3O4. The van der Waals surface area contributed by atoms with E-state index < -0.39 is 0 Å². The maximum Gasteiger partial charge on any atom is 0.231 e. The van der Waals surface area contributed by atoms with Gasteiger partial charge in [-0.15, -0.1) is 12.4 Å². The number of benzene rings is 1. The Hall–Kier alpha value is -2.41. The molecule has 8 heteroatoms. The zero-order chi connectivity index (χ0) is 15.0. The zero-order valence-electron chi connectivity index (χ0n) is 12.1. The molecule has 0 spiro atoms. The summed E-state index contributed by atoms with van der Waals surface area (Å²) in [5.74, 6) is 1.59. The number of aryl methyl sites for hydroxylation is 2. The third-order valence-corrected chi connectivity index (χ3v) is 3.34. The first-order valence-corrected chi connectivity index (χ1v) is 6.45. The number of fused-ring (bicyclic) bond motifs is 1. The molecule has 0 saturated carbocycles. The number of carbonyl (C=O) groups excluding carboxylic acids is 1. The van der Waals surface area contributed by atoms with Gasteiger partial charge in [0.05, 0.1) is 23.5 Å². The van der Waals surface area contributed by atoms with E-state index in [0.29, 0.717) is 34.3 Å². The van der Waals surface area contributed by atoms with Crippen LogP contribution in [0.2, 0.25) is 0 Å². The first-order chi connectivity index (χ1) is 10.0. The highest BCUT2D eigenvalue weighted by atomic mass is 35.5. The Bertz CT molecular complexity index is 695. The highest BCUT2D eigenvalue weighted by molar-refractivity contribution is 5.96. The summed E-state index contributed by atoms with van der Waals surface area (Å²) in [4.78, 5) is 12.1. The molecule has 0 aliphatic carbocycles. The van der Waals surface area contributed by atoms with Crippen molar-refractivity contribution in [3.63, 3.8) is 0 Å². The molecule has 1 aliphatic rings. The van der Waals surface area contributed by atoms with Crippen molar-refractivity contribution in [1.29, 1.82) is 0 Å². The van der Waals surface area contributed by atoms with Crippen molar-refractivity contribution in [1.82, 2.24) is 5.16 Å². The van der Waals surface area contributed by atoms with Gasteiger partial charge in [-0.25, -0.2) is 0 Å². The average molecular weight is 326 g/mol. The van der Waals surface area contributed by atoms with Gasteiger partial charge in [0.2, 0.25) is 12.7 Å². The molecular weight excluding hydrogens is 310 g/mol. The number of nitrogens with one attached hydrogen (secondary N) is 1. The van der Waals surface area contributed by atoms with Crippen LogP contribution in [-0.4, -0.2) is 17.9 Å². The van der Waals surface area contributed by atoms with Crippen molar-refractivity contribution in [2.75, 3.05) is 17.8 Å². The number of nitrogens with two attached hydrogens (primary N) is 1. The minimum absolute atomic E-state index is 0.